The number of hydrogen-bond donors (Lipinski definition) is 1. The lowest BCUT2D eigenvalue weighted by atomic mass is 9.76. The fraction of sp³-hybridized carbons (Fsp3) is 0.473. The minimum Gasteiger partial charge on any atom is -0.379 e. The molecule has 0 saturated carbocycles. The summed E-state index contributed by atoms with van der Waals surface area (Å²) in [5.74, 6) is 0. The van der Waals surface area contributed by atoms with Crippen LogP contribution in [0.4, 0.5) is 5.69 Å². The van der Waals surface area contributed by atoms with Gasteiger partial charge in [0.05, 0.1) is 12.2 Å². The largest absolute Gasteiger partial charge is 0.379 e. The van der Waals surface area contributed by atoms with Crippen LogP contribution in [0.25, 0.3) is 0 Å². The number of nitrogens with zero attached hydrogens (tertiary/aromatic N) is 1. The number of nitrogens with one attached hydrogen (secondary N) is 1. The van der Waals surface area contributed by atoms with Gasteiger partial charge in [-0.3, -0.25) is 4.98 Å². The molecule has 2 aliphatic rings. The third-order valence-corrected chi connectivity index (χ3v) is 15.5. The molecule has 5 aromatic rings. The average molecular weight is 791 g/mol. The topological polar surface area (TPSA) is 24.9 Å². The van der Waals surface area contributed by atoms with Crippen molar-refractivity contribution in [2.45, 2.75) is 169 Å². The molecule has 0 amide bonds. The van der Waals surface area contributed by atoms with E-state index in [9.17, 15) is 0 Å². The molecule has 1 N–H and O–H groups in total. The van der Waals surface area contributed by atoms with Gasteiger partial charge in [-0.2, -0.15) is 0 Å². The Hall–Kier alpha value is -3.74. The van der Waals surface area contributed by atoms with Gasteiger partial charge < -0.3 is 5.32 Å². The van der Waals surface area contributed by atoms with E-state index in [2.05, 4.69) is 194 Å². The van der Waals surface area contributed by atoms with Crippen molar-refractivity contribution in [3.05, 3.63) is 147 Å². The summed E-state index contributed by atoms with van der Waals surface area (Å²) in [6.07, 6.45) is 6.50. The van der Waals surface area contributed by atoms with E-state index in [-0.39, 0.29) is 32.5 Å². The first kappa shape index (κ1) is 42.4. The summed E-state index contributed by atoms with van der Waals surface area (Å²) in [7, 11) is -0.933. The molecule has 1 spiro atoms. The first-order chi connectivity index (χ1) is 26.9. The van der Waals surface area contributed by atoms with Crippen molar-refractivity contribution in [1.29, 1.82) is 0 Å². The van der Waals surface area contributed by atoms with E-state index in [0.29, 0.717) is 6.54 Å². The maximum Gasteiger partial charge on any atom is 0.0597 e. The van der Waals surface area contributed by atoms with Crippen LogP contribution in [-0.4, -0.2) is 4.98 Å². The van der Waals surface area contributed by atoms with Gasteiger partial charge in [0.2, 0.25) is 0 Å². The smallest absolute Gasteiger partial charge is 0.0597 e. The van der Waals surface area contributed by atoms with E-state index < -0.39 is 7.92 Å². The summed E-state index contributed by atoms with van der Waals surface area (Å²) in [6.45, 7) is 36.1. The lowest BCUT2D eigenvalue weighted by Gasteiger charge is -2.35. The van der Waals surface area contributed by atoms with Gasteiger partial charge in [-0.15, -0.1) is 0 Å². The van der Waals surface area contributed by atoms with Crippen molar-refractivity contribution in [2.75, 3.05) is 5.32 Å². The van der Waals surface area contributed by atoms with Gasteiger partial charge in [0, 0.05) is 17.3 Å². The highest BCUT2D eigenvalue weighted by Gasteiger charge is 2.48. The summed E-state index contributed by atoms with van der Waals surface area (Å²) in [4.78, 5) is 4.83. The summed E-state index contributed by atoms with van der Waals surface area (Å²) in [6, 6.07) is 34.2. The van der Waals surface area contributed by atoms with Crippen molar-refractivity contribution >= 4 is 29.5 Å². The zero-order valence-electron chi connectivity index (χ0n) is 38.6. The van der Waals surface area contributed by atoms with Crippen LogP contribution in [0, 0.1) is 0 Å². The van der Waals surface area contributed by atoms with Crippen LogP contribution in [0.15, 0.2) is 91.1 Å². The number of hydrogen-bond acceptors (Lipinski definition) is 2. The standard InChI is InChI=1S/C55H71N2P/c1-50(2,3)38-24-27-56-43(30-38)35-57-46-20-16-18-36-22-25-55(48(36)46)26-23-37-19-17-21-47(49(37)55)58(44-31-39(51(4,5)6)28-40(32-44)52(7,8)9)45-33-41(53(10,11)12)29-42(34-45)54(13,14)15/h16-21,24,27-34,57H,22-23,25-26,35H2,1-15H3/t55-/m0/s1. The van der Waals surface area contributed by atoms with Gasteiger partial charge in [0.15, 0.2) is 0 Å². The molecule has 1 heterocycles. The van der Waals surface area contributed by atoms with Crippen LogP contribution in [0.2, 0.25) is 0 Å². The minimum atomic E-state index is -0.933. The lowest BCUT2D eigenvalue weighted by molar-refractivity contribution is 0.510. The summed E-state index contributed by atoms with van der Waals surface area (Å²) < 4.78 is 0. The maximum atomic E-state index is 4.83. The van der Waals surface area contributed by atoms with Crippen LogP contribution in [0.5, 0.6) is 0 Å². The molecule has 1 atom stereocenters. The SMILES string of the molecule is CC(C)(C)c1cc(P(c2cc(C(C)(C)C)cc(C(C)(C)C)c2)c2cccc3c2[C@@]2(CCc4cccc(NCc5cc(C(C)(C)C)ccn5)c42)CC3)cc(C(C)(C)C)c1. The minimum absolute atomic E-state index is 0.0208. The number of benzene rings is 4. The third kappa shape index (κ3) is 8.22. The van der Waals surface area contributed by atoms with Gasteiger partial charge in [0.25, 0.3) is 0 Å². The monoisotopic (exact) mass is 791 g/mol. The lowest BCUT2D eigenvalue weighted by Crippen LogP contribution is -2.33. The van der Waals surface area contributed by atoms with E-state index in [4.69, 9.17) is 4.98 Å². The second-order valence-electron chi connectivity index (χ2n) is 22.7. The average Bonchev–Trinajstić information content (AvgIpc) is 3.70. The zero-order valence-corrected chi connectivity index (χ0v) is 39.5. The quantitative estimate of drug-likeness (QED) is 0.173. The van der Waals surface area contributed by atoms with E-state index in [1.54, 1.807) is 16.4 Å². The summed E-state index contributed by atoms with van der Waals surface area (Å²) in [5, 5.41) is 8.47. The number of rotatable bonds is 6. The highest BCUT2D eigenvalue weighted by Crippen LogP contribution is 2.56. The van der Waals surface area contributed by atoms with Crippen LogP contribution >= 0.6 is 7.92 Å². The second kappa shape index (κ2) is 14.8. The Bertz CT molecular complexity index is 2180. The summed E-state index contributed by atoms with van der Waals surface area (Å²) >= 11 is 0. The van der Waals surface area contributed by atoms with Crippen LogP contribution in [-0.2, 0) is 51.9 Å². The first-order valence-corrected chi connectivity index (χ1v) is 23.3. The molecule has 0 saturated heterocycles. The number of pyridine rings is 1. The molecule has 3 heteroatoms. The Labute approximate surface area is 353 Å². The van der Waals surface area contributed by atoms with Gasteiger partial charge in [0.1, 0.15) is 0 Å². The molecule has 2 nitrogen and oxygen atoms in total. The molecular formula is C55H71N2P. The van der Waals surface area contributed by atoms with Crippen LogP contribution in [0.1, 0.15) is 172 Å². The third-order valence-electron chi connectivity index (χ3n) is 13.1. The molecular weight excluding hydrogens is 720 g/mol. The second-order valence-corrected chi connectivity index (χ2v) is 24.9. The van der Waals surface area contributed by atoms with Gasteiger partial charge in [-0.05, 0) is 145 Å². The molecule has 0 radical (unpaired) electrons. The molecule has 0 unspecified atom stereocenters. The van der Waals surface area contributed by atoms with Crippen LogP contribution in [0.3, 0.4) is 0 Å². The normalized spacial score (nSPS) is 17.2. The van der Waals surface area contributed by atoms with Gasteiger partial charge >= 0.3 is 0 Å². The molecule has 0 bridgehead atoms. The first-order valence-electron chi connectivity index (χ1n) is 21.9. The van der Waals surface area contributed by atoms with Crippen molar-refractivity contribution in [1.82, 2.24) is 4.98 Å². The predicted octanol–water partition coefficient (Wildman–Crippen LogP) is 13.1. The Morgan fingerprint density at radius 1 is 0.517 bits per heavy atom. The van der Waals surface area contributed by atoms with E-state index in [0.717, 1.165) is 31.4 Å². The fourth-order valence-corrected chi connectivity index (χ4v) is 12.1. The molecule has 306 valence electrons. The fourth-order valence-electron chi connectivity index (χ4n) is 9.37. The zero-order chi connectivity index (χ0) is 42.2. The molecule has 4 aromatic carbocycles. The molecule has 2 aliphatic carbocycles. The number of aryl methyl sites for hydroxylation is 2. The van der Waals surface area contributed by atoms with Crippen LogP contribution < -0.4 is 21.2 Å². The maximum absolute atomic E-state index is 4.83. The van der Waals surface area contributed by atoms with Gasteiger partial charge in [-0.25, -0.2) is 0 Å². The molecule has 0 aliphatic heterocycles. The number of fused-ring (bicyclic) bond motifs is 4. The number of anilines is 1. The van der Waals surface area contributed by atoms with Crippen molar-refractivity contribution < 1.29 is 0 Å². The summed E-state index contributed by atoms with van der Waals surface area (Å²) in [5.41, 5.74) is 15.7. The van der Waals surface area contributed by atoms with Gasteiger partial charge in [-0.1, -0.05) is 171 Å². The van der Waals surface area contributed by atoms with E-state index in [1.807, 2.05) is 6.20 Å². The number of aromatic nitrogens is 1. The van der Waals surface area contributed by atoms with E-state index >= 15 is 0 Å². The Morgan fingerprint density at radius 3 is 1.43 bits per heavy atom. The molecule has 58 heavy (non-hydrogen) atoms. The molecule has 1 aromatic heterocycles. The van der Waals surface area contributed by atoms with E-state index in [1.165, 1.54) is 55.2 Å². The Balaban J connectivity index is 1.47. The predicted molar refractivity (Wildman–Crippen MR) is 254 cm³/mol. The van der Waals surface area contributed by atoms with Crippen molar-refractivity contribution in [2.24, 2.45) is 0 Å². The van der Waals surface area contributed by atoms with Crippen molar-refractivity contribution in [3.63, 3.8) is 0 Å². The molecule has 0 fully saturated rings. The Morgan fingerprint density at radius 2 is 0.966 bits per heavy atom. The highest BCUT2D eigenvalue weighted by atomic mass is 31.1. The highest BCUT2D eigenvalue weighted by molar-refractivity contribution is 7.80. The molecule has 7 rings (SSSR count). The van der Waals surface area contributed by atoms with Crippen molar-refractivity contribution in [3.8, 4) is 0 Å². The Kier molecular flexibility index (Phi) is 10.8.